The highest BCUT2D eigenvalue weighted by Gasteiger charge is 2.29. The van der Waals surface area contributed by atoms with Crippen LogP contribution in [0, 0.1) is 5.82 Å². The van der Waals surface area contributed by atoms with Crippen molar-refractivity contribution in [3.8, 4) is 0 Å². The first-order chi connectivity index (χ1) is 15.2. The van der Waals surface area contributed by atoms with Crippen molar-refractivity contribution in [1.82, 2.24) is 9.88 Å². The summed E-state index contributed by atoms with van der Waals surface area (Å²) in [7, 11) is -2.20. The van der Waals surface area contributed by atoms with Crippen LogP contribution in [-0.4, -0.2) is 67.3 Å². The minimum atomic E-state index is -4.14. The number of nitrogens with zero attached hydrogens (tertiary/aromatic N) is 2. The van der Waals surface area contributed by atoms with Gasteiger partial charge < -0.3 is 15.5 Å². The van der Waals surface area contributed by atoms with Crippen molar-refractivity contribution in [3.63, 3.8) is 0 Å². The zero-order valence-electron chi connectivity index (χ0n) is 17.4. The molecule has 3 rings (SSSR count). The molecule has 13 heteroatoms. The molecule has 1 aliphatic rings. The van der Waals surface area contributed by atoms with Crippen molar-refractivity contribution >= 4 is 50.3 Å². The normalized spacial score (nSPS) is 18.5. The van der Waals surface area contributed by atoms with Gasteiger partial charge in [-0.1, -0.05) is 24.4 Å². The number of hydrogen-bond acceptors (Lipinski definition) is 8. The smallest absolute Gasteiger partial charge is 0.290 e. The standard InChI is InChI=1S/C18H24ClFN4O3S2.CH2O2/c1-24(7-8-25)16-5-3-2-4-14(16)22-15-11-13(20)17(10-12(15)19)29(26,27)23-18-21-6-9-28-18;2-1-3/h6,9-11,14,16,22,25H,2-5,7-8H2,1H3,(H,21,23);1H,(H,2,3)/t14-,16-;/m0./s1. The van der Waals surface area contributed by atoms with Gasteiger partial charge in [0.05, 0.1) is 17.3 Å². The van der Waals surface area contributed by atoms with Crippen molar-refractivity contribution in [2.24, 2.45) is 0 Å². The van der Waals surface area contributed by atoms with Crippen LogP contribution in [0.1, 0.15) is 25.7 Å². The van der Waals surface area contributed by atoms with Gasteiger partial charge >= 0.3 is 0 Å². The molecule has 1 aromatic carbocycles. The summed E-state index contributed by atoms with van der Waals surface area (Å²) < 4.78 is 41.9. The van der Waals surface area contributed by atoms with Gasteiger partial charge in [-0.2, -0.15) is 0 Å². The Bertz CT molecular complexity index is 978. The summed E-state index contributed by atoms with van der Waals surface area (Å²) in [5, 5.41) is 21.3. The highest BCUT2D eigenvalue weighted by atomic mass is 35.5. The lowest BCUT2D eigenvalue weighted by Crippen LogP contribution is -2.48. The lowest BCUT2D eigenvalue weighted by molar-refractivity contribution is -0.122. The van der Waals surface area contributed by atoms with Crippen molar-refractivity contribution in [2.45, 2.75) is 42.7 Å². The number of hydrogen-bond donors (Lipinski definition) is 4. The third-order valence-electron chi connectivity index (χ3n) is 5.05. The Morgan fingerprint density at radius 1 is 1.38 bits per heavy atom. The topological polar surface area (TPSA) is 132 Å². The second kappa shape index (κ2) is 12.3. The minimum Gasteiger partial charge on any atom is -0.483 e. The Labute approximate surface area is 195 Å². The van der Waals surface area contributed by atoms with Gasteiger partial charge in [-0.3, -0.25) is 14.4 Å². The Kier molecular flexibility index (Phi) is 10.1. The Balaban J connectivity index is 0.00000114. The second-order valence-electron chi connectivity index (χ2n) is 7.12. The summed E-state index contributed by atoms with van der Waals surface area (Å²) in [6, 6.07) is 2.43. The maximum Gasteiger partial charge on any atom is 0.290 e. The zero-order valence-corrected chi connectivity index (χ0v) is 19.8. The van der Waals surface area contributed by atoms with E-state index in [9.17, 15) is 17.9 Å². The van der Waals surface area contributed by atoms with Crippen molar-refractivity contribution < 1.29 is 27.8 Å². The molecule has 4 N–H and O–H groups in total. The Morgan fingerprint density at radius 2 is 2.06 bits per heavy atom. The number of thiazole rings is 1. The predicted octanol–water partition coefficient (Wildman–Crippen LogP) is 3.08. The van der Waals surface area contributed by atoms with E-state index in [1.54, 1.807) is 5.38 Å². The Hall–Kier alpha value is -1.99. The first-order valence-corrected chi connectivity index (χ1v) is 12.5. The van der Waals surface area contributed by atoms with Gasteiger partial charge in [0.2, 0.25) is 0 Å². The highest BCUT2D eigenvalue weighted by Crippen LogP contribution is 2.32. The number of sulfonamides is 1. The van der Waals surface area contributed by atoms with Gasteiger partial charge in [-0.25, -0.2) is 17.8 Å². The first-order valence-electron chi connectivity index (χ1n) is 9.80. The summed E-state index contributed by atoms with van der Waals surface area (Å²) >= 11 is 7.41. The summed E-state index contributed by atoms with van der Waals surface area (Å²) in [6.07, 6.45) is 5.40. The fourth-order valence-corrected chi connectivity index (χ4v) is 5.78. The molecule has 1 aromatic heterocycles. The largest absolute Gasteiger partial charge is 0.483 e. The third-order valence-corrected chi connectivity index (χ3v) is 7.54. The molecular formula is C19H26ClFN4O5S2. The molecule has 9 nitrogen and oxygen atoms in total. The third kappa shape index (κ3) is 7.01. The molecule has 0 amide bonds. The Morgan fingerprint density at radius 3 is 2.69 bits per heavy atom. The van der Waals surface area contributed by atoms with E-state index in [4.69, 9.17) is 21.5 Å². The number of halogens is 2. The molecule has 32 heavy (non-hydrogen) atoms. The first kappa shape index (κ1) is 26.3. The van der Waals surface area contributed by atoms with E-state index in [1.807, 2.05) is 7.05 Å². The van der Waals surface area contributed by atoms with Gasteiger partial charge in [0.25, 0.3) is 16.5 Å². The number of carboxylic acid groups (broad SMARTS) is 1. The molecule has 178 valence electrons. The molecule has 1 heterocycles. The molecule has 0 saturated heterocycles. The van der Waals surface area contributed by atoms with Gasteiger partial charge in [-0.15, -0.1) is 11.3 Å². The molecule has 2 atom stereocenters. The van der Waals surface area contributed by atoms with E-state index in [0.29, 0.717) is 12.2 Å². The van der Waals surface area contributed by atoms with Crippen LogP contribution in [-0.2, 0) is 14.8 Å². The SMILES string of the molecule is CN(CCO)[C@H]1CCCC[C@@H]1Nc1cc(F)c(S(=O)(=O)Nc2nccs2)cc1Cl.O=CO. The molecule has 1 aliphatic carbocycles. The quantitative estimate of drug-likeness (QED) is 0.400. The van der Waals surface area contributed by atoms with Crippen LogP contribution in [0.2, 0.25) is 5.02 Å². The molecule has 0 bridgehead atoms. The molecular weight excluding hydrogens is 483 g/mol. The van der Waals surface area contributed by atoms with Crippen molar-refractivity contribution in [2.75, 3.05) is 30.2 Å². The van der Waals surface area contributed by atoms with Crippen LogP contribution in [0.4, 0.5) is 15.2 Å². The molecule has 1 saturated carbocycles. The summed E-state index contributed by atoms with van der Waals surface area (Å²) in [4.78, 5) is 13.8. The summed E-state index contributed by atoms with van der Waals surface area (Å²) in [5.41, 5.74) is 0.353. The van der Waals surface area contributed by atoms with Crippen LogP contribution in [0.25, 0.3) is 0 Å². The maximum atomic E-state index is 14.7. The van der Waals surface area contributed by atoms with Crippen LogP contribution in [0.3, 0.4) is 0 Å². The fraction of sp³-hybridized carbons (Fsp3) is 0.474. The minimum absolute atomic E-state index is 0.0214. The van der Waals surface area contributed by atoms with Gasteiger partial charge in [0.15, 0.2) is 5.13 Å². The van der Waals surface area contributed by atoms with E-state index in [0.717, 1.165) is 49.2 Å². The monoisotopic (exact) mass is 508 g/mol. The number of carbonyl (C=O) groups is 1. The highest BCUT2D eigenvalue weighted by molar-refractivity contribution is 7.93. The molecule has 2 aromatic rings. The van der Waals surface area contributed by atoms with E-state index >= 15 is 0 Å². The summed E-state index contributed by atoms with van der Waals surface area (Å²) in [6.45, 7) is 0.359. The fourth-order valence-electron chi connectivity index (χ4n) is 3.62. The van der Waals surface area contributed by atoms with Gasteiger partial charge in [-0.05, 0) is 32.0 Å². The average Bonchev–Trinajstić information content (AvgIpc) is 3.24. The number of likely N-dealkylation sites (N-methyl/N-ethyl adjacent to an activating group) is 1. The number of aliphatic hydroxyl groups is 1. The molecule has 1 fully saturated rings. The summed E-state index contributed by atoms with van der Waals surface area (Å²) in [5.74, 6) is -0.892. The molecule has 0 spiro atoms. The molecule has 0 radical (unpaired) electrons. The average molecular weight is 509 g/mol. The predicted molar refractivity (Wildman–Crippen MR) is 122 cm³/mol. The number of anilines is 2. The van der Waals surface area contributed by atoms with Crippen LogP contribution >= 0.6 is 22.9 Å². The van der Waals surface area contributed by atoms with Crippen molar-refractivity contribution in [1.29, 1.82) is 0 Å². The lowest BCUT2D eigenvalue weighted by Gasteiger charge is -2.38. The van der Waals surface area contributed by atoms with E-state index in [1.165, 1.54) is 6.20 Å². The zero-order chi connectivity index (χ0) is 23.7. The van der Waals surface area contributed by atoms with Crippen LogP contribution in [0.5, 0.6) is 0 Å². The van der Waals surface area contributed by atoms with Gasteiger partial charge in [0, 0.05) is 30.2 Å². The van der Waals surface area contributed by atoms with Crippen LogP contribution < -0.4 is 10.0 Å². The number of aliphatic hydroxyl groups excluding tert-OH is 1. The van der Waals surface area contributed by atoms with Crippen molar-refractivity contribution in [3.05, 3.63) is 34.5 Å². The number of nitrogens with one attached hydrogen (secondary N) is 2. The second-order valence-corrected chi connectivity index (χ2v) is 10.1. The lowest BCUT2D eigenvalue weighted by atomic mass is 9.89. The molecule has 0 aliphatic heterocycles. The van der Waals surface area contributed by atoms with Gasteiger partial charge in [0.1, 0.15) is 10.7 Å². The molecule has 0 unspecified atom stereocenters. The van der Waals surface area contributed by atoms with Crippen LogP contribution in [0.15, 0.2) is 28.6 Å². The number of benzene rings is 1. The number of rotatable bonds is 8. The van der Waals surface area contributed by atoms with E-state index in [2.05, 4.69) is 19.9 Å². The maximum absolute atomic E-state index is 14.7. The van der Waals surface area contributed by atoms with E-state index < -0.39 is 20.7 Å². The van der Waals surface area contributed by atoms with E-state index in [-0.39, 0.29) is 35.3 Å². The number of aromatic nitrogens is 1.